The summed E-state index contributed by atoms with van der Waals surface area (Å²) in [5.74, 6) is 0.0225. The minimum absolute atomic E-state index is 0.137. The number of benzene rings is 2. The average Bonchev–Trinajstić information content (AvgIpc) is 3.20. The summed E-state index contributed by atoms with van der Waals surface area (Å²) in [6.45, 7) is 0.764. The fourth-order valence-electron chi connectivity index (χ4n) is 3.37. The van der Waals surface area contributed by atoms with Gasteiger partial charge in [-0.3, -0.25) is 9.59 Å². The molecule has 0 bridgehead atoms. The monoisotopic (exact) mass is 333 g/mol. The predicted octanol–water partition coefficient (Wildman–Crippen LogP) is 3.56. The molecule has 0 spiro atoms. The van der Waals surface area contributed by atoms with Gasteiger partial charge >= 0.3 is 0 Å². The highest BCUT2D eigenvalue weighted by Gasteiger charge is 2.21. The number of para-hydroxylation sites is 1. The topological polar surface area (TPSA) is 54.3 Å². The van der Waals surface area contributed by atoms with Crippen molar-refractivity contribution >= 4 is 34.1 Å². The summed E-state index contributed by atoms with van der Waals surface area (Å²) < 4.78 is 1.95. The van der Waals surface area contributed by atoms with Gasteiger partial charge < -0.3 is 14.8 Å². The van der Waals surface area contributed by atoms with Crippen molar-refractivity contribution in [3.8, 4) is 0 Å². The van der Waals surface area contributed by atoms with Crippen LogP contribution >= 0.6 is 0 Å². The highest BCUT2D eigenvalue weighted by Crippen LogP contribution is 2.24. The molecule has 0 atom stereocenters. The largest absolute Gasteiger partial charge is 0.350 e. The van der Waals surface area contributed by atoms with E-state index in [0.717, 1.165) is 29.6 Å². The number of aromatic nitrogens is 1. The summed E-state index contributed by atoms with van der Waals surface area (Å²) in [4.78, 5) is 26.2. The maximum absolute atomic E-state index is 12.6. The van der Waals surface area contributed by atoms with Crippen LogP contribution in [-0.2, 0) is 11.8 Å². The lowest BCUT2D eigenvalue weighted by Gasteiger charge is -2.16. The third-order valence-corrected chi connectivity index (χ3v) is 4.65. The van der Waals surface area contributed by atoms with Gasteiger partial charge in [0.2, 0.25) is 5.91 Å². The molecule has 0 aliphatic carbocycles. The summed E-state index contributed by atoms with van der Waals surface area (Å²) in [5, 5.41) is 3.87. The van der Waals surface area contributed by atoms with Crippen molar-refractivity contribution in [2.24, 2.45) is 7.05 Å². The SMILES string of the molecule is Cn1cc(C(=O)Nc2ccc(N3CCCC3=O)cc2)c2ccccc21. The molecule has 1 aromatic heterocycles. The zero-order valence-corrected chi connectivity index (χ0v) is 14.0. The number of carbonyl (C=O) groups excluding carboxylic acids is 2. The van der Waals surface area contributed by atoms with Gasteiger partial charge in [0.15, 0.2) is 0 Å². The third-order valence-electron chi connectivity index (χ3n) is 4.65. The van der Waals surface area contributed by atoms with Crippen molar-refractivity contribution in [1.82, 2.24) is 4.57 Å². The molecule has 2 aromatic carbocycles. The molecule has 3 aromatic rings. The van der Waals surface area contributed by atoms with E-state index in [9.17, 15) is 9.59 Å². The molecule has 4 rings (SSSR count). The first kappa shape index (κ1) is 15.4. The number of nitrogens with one attached hydrogen (secondary N) is 1. The number of hydrogen-bond donors (Lipinski definition) is 1. The van der Waals surface area contributed by atoms with Gasteiger partial charge in [-0.2, -0.15) is 0 Å². The molecule has 1 saturated heterocycles. The maximum Gasteiger partial charge on any atom is 0.257 e. The summed E-state index contributed by atoms with van der Waals surface area (Å²) in [5.41, 5.74) is 3.27. The fraction of sp³-hybridized carbons (Fsp3) is 0.200. The van der Waals surface area contributed by atoms with Gasteiger partial charge in [0.05, 0.1) is 5.56 Å². The van der Waals surface area contributed by atoms with E-state index < -0.39 is 0 Å². The number of nitrogens with zero attached hydrogens (tertiary/aromatic N) is 2. The molecule has 0 radical (unpaired) electrons. The van der Waals surface area contributed by atoms with Crippen LogP contribution in [0.2, 0.25) is 0 Å². The molecule has 25 heavy (non-hydrogen) atoms. The summed E-state index contributed by atoms with van der Waals surface area (Å²) in [7, 11) is 1.93. The second-order valence-electron chi connectivity index (χ2n) is 6.32. The number of carbonyl (C=O) groups is 2. The number of amides is 2. The molecular formula is C20H19N3O2. The standard InChI is InChI=1S/C20H19N3O2/c1-22-13-17(16-5-2-3-6-18(16)22)20(25)21-14-8-10-15(11-9-14)23-12-4-7-19(23)24/h2-3,5-6,8-11,13H,4,7,12H2,1H3,(H,21,25). The van der Waals surface area contributed by atoms with Crippen LogP contribution in [0.1, 0.15) is 23.2 Å². The Morgan fingerprint density at radius 1 is 1.08 bits per heavy atom. The lowest BCUT2D eigenvalue weighted by molar-refractivity contribution is -0.117. The van der Waals surface area contributed by atoms with E-state index in [-0.39, 0.29) is 11.8 Å². The van der Waals surface area contributed by atoms with Gasteiger partial charge in [0, 0.05) is 48.5 Å². The van der Waals surface area contributed by atoms with Crippen molar-refractivity contribution in [3.63, 3.8) is 0 Å². The zero-order valence-electron chi connectivity index (χ0n) is 14.0. The van der Waals surface area contributed by atoms with Gasteiger partial charge in [-0.25, -0.2) is 0 Å². The van der Waals surface area contributed by atoms with Crippen LogP contribution in [0.25, 0.3) is 10.9 Å². The Bertz CT molecular complexity index is 957. The highest BCUT2D eigenvalue weighted by atomic mass is 16.2. The van der Waals surface area contributed by atoms with Crippen LogP contribution in [-0.4, -0.2) is 22.9 Å². The lowest BCUT2D eigenvalue weighted by Crippen LogP contribution is -2.23. The van der Waals surface area contributed by atoms with Crippen LogP contribution in [0.15, 0.2) is 54.7 Å². The minimum Gasteiger partial charge on any atom is -0.350 e. The van der Waals surface area contributed by atoms with Crippen LogP contribution in [0.5, 0.6) is 0 Å². The Morgan fingerprint density at radius 3 is 2.56 bits per heavy atom. The van der Waals surface area contributed by atoms with E-state index in [1.54, 1.807) is 4.90 Å². The first-order chi connectivity index (χ1) is 12.1. The number of hydrogen-bond acceptors (Lipinski definition) is 2. The van der Waals surface area contributed by atoms with Gasteiger partial charge in [-0.15, -0.1) is 0 Å². The van der Waals surface area contributed by atoms with Crippen molar-refractivity contribution in [1.29, 1.82) is 0 Å². The van der Waals surface area contributed by atoms with Crippen LogP contribution in [0, 0.1) is 0 Å². The van der Waals surface area contributed by atoms with Gasteiger partial charge in [0.1, 0.15) is 0 Å². The molecular weight excluding hydrogens is 314 g/mol. The Labute approximate surface area is 145 Å². The molecule has 0 saturated carbocycles. The quantitative estimate of drug-likeness (QED) is 0.797. The Morgan fingerprint density at radius 2 is 1.84 bits per heavy atom. The molecule has 1 aliphatic rings. The van der Waals surface area contributed by atoms with E-state index in [2.05, 4.69) is 5.32 Å². The third kappa shape index (κ3) is 2.78. The molecule has 126 valence electrons. The smallest absolute Gasteiger partial charge is 0.257 e. The molecule has 2 heterocycles. The molecule has 1 N–H and O–H groups in total. The van der Waals surface area contributed by atoms with E-state index in [0.29, 0.717) is 17.7 Å². The number of rotatable bonds is 3. The van der Waals surface area contributed by atoms with E-state index in [1.165, 1.54) is 0 Å². The predicted molar refractivity (Wildman–Crippen MR) is 98.9 cm³/mol. The Hall–Kier alpha value is -3.08. The molecule has 5 heteroatoms. The second kappa shape index (κ2) is 6.09. The summed E-state index contributed by atoms with van der Waals surface area (Å²) >= 11 is 0. The number of fused-ring (bicyclic) bond motifs is 1. The summed E-state index contributed by atoms with van der Waals surface area (Å²) in [6.07, 6.45) is 3.36. The van der Waals surface area contributed by atoms with Crippen LogP contribution < -0.4 is 10.2 Å². The van der Waals surface area contributed by atoms with Crippen molar-refractivity contribution < 1.29 is 9.59 Å². The number of aryl methyl sites for hydroxylation is 1. The average molecular weight is 333 g/mol. The Kier molecular flexibility index (Phi) is 3.76. The molecule has 1 aliphatic heterocycles. The van der Waals surface area contributed by atoms with Crippen molar-refractivity contribution in [2.45, 2.75) is 12.8 Å². The van der Waals surface area contributed by atoms with Crippen molar-refractivity contribution in [3.05, 3.63) is 60.3 Å². The molecule has 1 fully saturated rings. The molecule has 5 nitrogen and oxygen atoms in total. The van der Waals surface area contributed by atoms with E-state index in [4.69, 9.17) is 0 Å². The van der Waals surface area contributed by atoms with Crippen LogP contribution in [0.4, 0.5) is 11.4 Å². The normalized spacial score (nSPS) is 14.3. The first-order valence-corrected chi connectivity index (χ1v) is 8.39. The lowest BCUT2D eigenvalue weighted by atomic mass is 10.1. The summed E-state index contributed by atoms with van der Waals surface area (Å²) in [6, 6.07) is 15.3. The Balaban J connectivity index is 1.55. The fourth-order valence-corrected chi connectivity index (χ4v) is 3.37. The molecule has 0 unspecified atom stereocenters. The van der Waals surface area contributed by atoms with Gasteiger partial charge in [-0.05, 0) is 36.8 Å². The first-order valence-electron chi connectivity index (χ1n) is 8.39. The van der Waals surface area contributed by atoms with Gasteiger partial charge in [0.25, 0.3) is 5.91 Å². The number of anilines is 2. The van der Waals surface area contributed by atoms with Crippen molar-refractivity contribution in [2.75, 3.05) is 16.8 Å². The zero-order chi connectivity index (χ0) is 17.4. The highest BCUT2D eigenvalue weighted by molar-refractivity contribution is 6.13. The van der Waals surface area contributed by atoms with E-state index >= 15 is 0 Å². The van der Waals surface area contributed by atoms with E-state index in [1.807, 2.05) is 66.3 Å². The molecule has 2 amide bonds. The van der Waals surface area contributed by atoms with Gasteiger partial charge in [-0.1, -0.05) is 18.2 Å². The maximum atomic E-state index is 12.6. The minimum atomic E-state index is -0.137. The second-order valence-corrected chi connectivity index (χ2v) is 6.32. The van der Waals surface area contributed by atoms with Crippen LogP contribution in [0.3, 0.4) is 0 Å².